The summed E-state index contributed by atoms with van der Waals surface area (Å²) >= 11 is 0. The molecule has 1 heterocycles. The standard InChI is InChI=1S/C19H17N3O4/c1-25-14-11-7-6-10-13(14)20-17-15(19(24)26-2)18(23)22-16(21-17)12-8-4-3-5-9-12/h3-11H,1-2H3,(H2,20,21,22,23). The highest BCUT2D eigenvalue weighted by Crippen LogP contribution is 2.28. The molecule has 1 aromatic heterocycles. The van der Waals surface area contributed by atoms with E-state index in [1.165, 1.54) is 14.2 Å². The molecule has 0 spiro atoms. The van der Waals surface area contributed by atoms with Gasteiger partial charge in [0.1, 0.15) is 11.6 Å². The minimum absolute atomic E-state index is 0.0870. The number of carbonyl (C=O) groups is 1. The van der Waals surface area contributed by atoms with Crippen LogP contribution in [0, 0.1) is 0 Å². The first-order chi connectivity index (χ1) is 12.6. The maximum atomic E-state index is 12.5. The van der Waals surface area contributed by atoms with Crippen LogP contribution < -0.4 is 15.6 Å². The Labute approximate surface area is 149 Å². The van der Waals surface area contributed by atoms with Crippen molar-refractivity contribution in [1.29, 1.82) is 0 Å². The third kappa shape index (κ3) is 3.41. The van der Waals surface area contributed by atoms with Gasteiger partial charge in [0, 0.05) is 5.56 Å². The summed E-state index contributed by atoms with van der Waals surface area (Å²) in [6.45, 7) is 0. The summed E-state index contributed by atoms with van der Waals surface area (Å²) in [5.41, 5.74) is 0.475. The normalized spacial score (nSPS) is 10.2. The molecule has 2 N–H and O–H groups in total. The van der Waals surface area contributed by atoms with Crippen LogP contribution in [0.25, 0.3) is 11.4 Å². The lowest BCUT2D eigenvalue weighted by molar-refractivity contribution is 0.0599. The van der Waals surface area contributed by atoms with E-state index in [2.05, 4.69) is 15.3 Å². The van der Waals surface area contributed by atoms with E-state index in [0.29, 0.717) is 22.8 Å². The number of hydrogen-bond donors (Lipinski definition) is 2. The van der Waals surface area contributed by atoms with Crippen LogP contribution in [-0.4, -0.2) is 30.2 Å². The number of para-hydroxylation sites is 2. The summed E-state index contributed by atoms with van der Waals surface area (Å²) in [4.78, 5) is 31.6. The molecule has 132 valence electrons. The molecule has 0 aliphatic carbocycles. The van der Waals surface area contributed by atoms with Crippen molar-refractivity contribution in [3.63, 3.8) is 0 Å². The third-order valence-electron chi connectivity index (χ3n) is 3.72. The highest BCUT2D eigenvalue weighted by Gasteiger charge is 2.21. The zero-order valence-electron chi connectivity index (χ0n) is 14.3. The Hall–Kier alpha value is -3.61. The number of nitrogens with zero attached hydrogens (tertiary/aromatic N) is 1. The van der Waals surface area contributed by atoms with Gasteiger partial charge in [-0.3, -0.25) is 4.79 Å². The smallest absolute Gasteiger partial charge is 0.347 e. The summed E-state index contributed by atoms with van der Waals surface area (Å²) in [6, 6.07) is 16.3. The predicted octanol–water partition coefficient (Wildman–Crippen LogP) is 2.98. The Kier molecular flexibility index (Phi) is 4.98. The summed E-state index contributed by atoms with van der Waals surface area (Å²) in [5, 5.41) is 3.00. The molecule has 0 fully saturated rings. The number of carbonyl (C=O) groups excluding carboxylic acids is 1. The van der Waals surface area contributed by atoms with Gasteiger partial charge >= 0.3 is 5.97 Å². The van der Waals surface area contributed by atoms with Crippen LogP contribution in [0.2, 0.25) is 0 Å². The lowest BCUT2D eigenvalue weighted by Gasteiger charge is -2.13. The molecule has 0 saturated heterocycles. The molecular weight excluding hydrogens is 334 g/mol. The van der Waals surface area contributed by atoms with Crippen LogP contribution in [0.5, 0.6) is 5.75 Å². The van der Waals surface area contributed by atoms with Gasteiger partial charge in [-0.25, -0.2) is 9.78 Å². The number of aromatic amines is 1. The fourth-order valence-electron chi connectivity index (χ4n) is 2.46. The molecule has 0 aliphatic heterocycles. The summed E-state index contributed by atoms with van der Waals surface area (Å²) in [5.74, 6) is 0.187. The van der Waals surface area contributed by atoms with E-state index in [1.807, 2.05) is 36.4 Å². The van der Waals surface area contributed by atoms with E-state index >= 15 is 0 Å². The fraction of sp³-hybridized carbons (Fsp3) is 0.105. The van der Waals surface area contributed by atoms with Gasteiger partial charge in [-0.2, -0.15) is 0 Å². The number of methoxy groups -OCH3 is 2. The highest BCUT2D eigenvalue weighted by atomic mass is 16.5. The lowest BCUT2D eigenvalue weighted by Crippen LogP contribution is -2.23. The Morgan fingerprint density at radius 3 is 2.42 bits per heavy atom. The SMILES string of the molecule is COC(=O)c1c(Nc2ccccc2OC)nc(-c2ccccc2)[nH]c1=O. The number of anilines is 2. The number of aromatic nitrogens is 2. The topological polar surface area (TPSA) is 93.3 Å². The van der Waals surface area contributed by atoms with E-state index < -0.39 is 11.5 Å². The van der Waals surface area contributed by atoms with E-state index in [1.54, 1.807) is 18.2 Å². The maximum Gasteiger partial charge on any atom is 0.347 e. The van der Waals surface area contributed by atoms with Crippen molar-refractivity contribution in [2.45, 2.75) is 0 Å². The number of benzene rings is 2. The largest absolute Gasteiger partial charge is 0.495 e. The highest BCUT2D eigenvalue weighted by molar-refractivity contribution is 5.95. The van der Waals surface area contributed by atoms with Crippen molar-refractivity contribution in [3.05, 3.63) is 70.5 Å². The van der Waals surface area contributed by atoms with E-state index in [4.69, 9.17) is 9.47 Å². The number of hydrogen-bond acceptors (Lipinski definition) is 6. The van der Waals surface area contributed by atoms with Crippen molar-refractivity contribution in [2.24, 2.45) is 0 Å². The van der Waals surface area contributed by atoms with Gasteiger partial charge in [-0.1, -0.05) is 42.5 Å². The number of H-pyrrole nitrogens is 1. The zero-order valence-corrected chi connectivity index (χ0v) is 14.3. The molecule has 7 nitrogen and oxygen atoms in total. The fourth-order valence-corrected chi connectivity index (χ4v) is 2.46. The van der Waals surface area contributed by atoms with Crippen molar-refractivity contribution in [3.8, 4) is 17.1 Å². The van der Waals surface area contributed by atoms with E-state index in [-0.39, 0.29) is 11.4 Å². The minimum Gasteiger partial charge on any atom is -0.495 e. The molecule has 0 atom stereocenters. The average molecular weight is 351 g/mol. The van der Waals surface area contributed by atoms with Crippen LogP contribution in [0.3, 0.4) is 0 Å². The maximum absolute atomic E-state index is 12.5. The quantitative estimate of drug-likeness (QED) is 0.687. The molecule has 7 heteroatoms. The first-order valence-corrected chi connectivity index (χ1v) is 7.82. The Bertz CT molecular complexity index is 984. The van der Waals surface area contributed by atoms with Crippen LogP contribution >= 0.6 is 0 Å². The van der Waals surface area contributed by atoms with Crippen LogP contribution in [0.1, 0.15) is 10.4 Å². The molecule has 0 amide bonds. The first kappa shape index (κ1) is 17.2. The Balaban J connectivity index is 2.15. The van der Waals surface area contributed by atoms with Gasteiger partial charge in [-0.15, -0.1) is 0 Å². The molecular formula is C19H17N3O4. The van der Waals surface area contributed by atoms with Gasteiger partial charge in [0.2, 0.25) is 0 Å². The van der Waals surface area contributed by atoms with Gasteiger partial charge in [0.25, 0.3) is 5.56 Å². The molecule has 2 aromatic carbocycles. The Morgan fingerprint density at radius 2 is 1.73 bits per heavy atom. The lowest BCUT2D eigenvalue weighted by atomic mass is 10.2. The number of nitrogens with one attached hydrogen (secondary N) is 2. The van der Waals surface area contributed by atoms with Crippen molar-refractivity contribution >= 4 is 17.5 Å². The molecule has 0 aliphatic rings. The molecule has 3 aromatic rings. The molecule has 0 saturated carbocycles. The number of rotatable bonds is 5. The summed E-state index contributed by atoms with van der Waals surface area (Å²) < 4.78 is 10.0. The second-order valence-electron chi connectivity index (χ2n) is 5.32. The molecule has 3 rings (SSSR count). The third-order valence-corrected chi connectivity index (χ3v) is 3.72. The molecule has 0 radical (unpaired) electrons. The van der Waals surface area contributed by atoms with Gasteiger partial charge in [-0.05, 0) is 12.1 Å². The minimum atomic E-state index is -0.782. The van der Waals surface area contributed by atoms with Crippen LogP contribution in [0.4, 0.5) is 11.5 Å². The average Bonchev–Trinajstić information content (AvgIpc) is 2.68. The van der Waals surface area contributed by atoms with E-state index in [0.717, 1.165) is 0 Å². The summed E-state index contributed by atoms with van der Waals surface area (Å²) in [6.07, 6.45) is 0. The van der Waals surface area contributed by atoms with Crippen LogP contribution in [-0.2, 0) is 4.74 Å². The van der Waals surface area contributed by atoms with Gasteiger partial charge in [0.05, 0.1) is 19.9 Å². The van der Waals surface area contributed by atoms with Gasteiger partial charge in [0.15, 0.2) is 11.4 Å². The van der Waals surface area contributed by atoms with Crippen LogP contribution in [0.15, 0.2) is 59.4 Å². The Morgan fingerprint density at radius 1 is 1.04 bits per heavy atom. The predicted molar refractivity (Wildman–Crippen MR) is 97.9 cm³/mol. The van der Waals surface area contributed by atoms with Crippen molar-refractivity contribution < 1.29 is 14.3 Å². The molecule has 0 bridgehead atoms. The number of esters is 1. The molecule has 26 heavy (non-hydrogen) atoms. The van der Waals surface area contributed by atoms with Crippen molar-refractivity contribution in [2.75, 3.05) is 19.5 Å². The summed E-state index contributed by atoms with van der Waals surface area (Å²) in [7, 11) is 2.74. The first-order valence-electron chi connectivity index (χ1n) is 7.82. The monoisotopic (exact) mass is 351 g/mol. The number of ether oxygens (including phenoxy) is 2. The van der Waals surface area contributed by atoms with E-state index in [9.17, 15) is 9.59 Å². The molecule has 0 unspecified atom stereocenters. The second kappa shape index (κ2) is 7.52. The van der Waals surface area contributed by atoms with Crippen molar-refractivity contribution in [1.82, 2.24) is 9.97 Å². The van der Waals surface area contributed by atoms with Gasteiger partial charge < -0.3 is 19.8 Å². The zero-order chi connectivity index (χ0) is 18.5. The second-order valence-corrected chi connectivity index (χ2v) is 5.32.